The lowest BCUT2D eigenvalue weighted by atomic mass is 10.0. The lowest BCUT2D eigenvalue weighted by Crippen LogP contribution is -2.54. The third-order valence-electron chi connectivity index (χ3n) is 2.21. The minimum Gasteiger partial charge on any atom is -0.440 e. The van der Waals surface area contributed by atoms with E-state index in [4.69, 9.17) is 15.3 Å². The highest BCUT2D eigenvalue weighted by Crippen LogP contribution is 2.32. The predicted molar refractivity (Wildman–Crippen MR) is 48.8 cm³/mol. The van der Waals surface area contributed by atoms with Gasteiger partial charge in [0.15, 0.2) is 12.2 Å². The number of hydrogen-bond donors (Lipinski definition) is 4. The van der Waals surface area contributed by atoms with Crippen LogP contribution in [0.3, 0.4) is 0 Å². The monoisotopic (exact) mass is 211 g/mol. The lowest BCUT2D eigenvalue weighted by Gasteiger charge is -2.36. The van der Waals surface area contributed by atoms with E-state index >= 15 is 0 Å². The molecule has 1 aliphatic heterocycles. The normalized spacial score (nSPS) is 46.4. The van der Waals surface area contributed by atoms with E-state index < -0.39 is 28.8 Å². The van der Waals surface area contributed by atoms with Gasteiger partial charge in [-0.25, -0.2) is 0 Å². The summed E-state index contributed by atoms with van der Waals surface area (Å²) in [6, 6.07) is 0. The summed E-state index contributed by atoms with van der Waals surface area (Å²) in [7, 11) is 0. The minimum absolute atomic E-state index is 0.223. The first-order valence-electron chi connectivity index (χ1n) is 4.06. The predicted octanol–water partition coefficient (Wildman–Crippen LogP) is -2.73. The number of thioether (sulfide) groups is 1. The molecule has 5 nitrogen and oxygen atoms in total. The van der Waals surface area contributed by atoms with Crippen LogP contribution in [-0.2, 0) is 0 Å². The Balaban J connectivity index is 2.66. The molecule has 1 fully saturated rings. The van der Waals surface area contributed by atoms with Crippen LogP contribution in [0.4, 0.5) is 0 Å². The molecule has 0 spiro atoms. The van der Waals surface area contributed by atoms with Crippen LogP contribution < -0.4 is 0 Å². The van der Waals surface area contributed by atoms with Gasteiger partial charge in [0.2, 0.25) is 0 Å². The minimum atomic E-state index is -1.18. The van der Waals surface area contributed by atoms with Crippen LogP contribution in [0.25, 0.3) is 0 Å². The third kappa shape index (κ3) is 2.15. The Bertz CT molecular complexity index is 147. The van der Waals surface area contributed by atoms with Crippen molar-refractivity contribution in [2.75, 3.05) is 13.2 Å². The summed E-state index contributed by atoms with van der Waals surface area (Å²) in [4.78, 5) is 0. The number of hydrogen-bond acceptors (Lipinski definition) is 5. The van der Waals surface area contributed by atoms with E-state index in [9.17, 15) is 10.2 Å². The number of rotatable bonds is 2. The summed E-state index contributed by atoms with van der Waals surface area (Å²) in [5, 5.41) is 43.0. The van der Waals surface area contributed by atoms with Gasteiger partial charge in [0, 0.05) is 0 Å². The van der Waals surface area contributed by atoms with Gasteiger partial charge in [0.05, 0.1) is 18.5 Å². The SMILES string of the molecule is OCC1SC(CO)C([OH2+])C(O)C1O. The van der Waals surface area contributed by atoms with E-state index in [0.717, 1.165) is 11.8 Å². The molecule has 1 saturated heterocycles. The van der Waals surface area contributed by atoms with E-state index in [0.29, 0.717) is 0 Å². The molecule has 1 heterocycles. The lowest BCUT2D eigenvalue weighted by molar-refractivity contribution is -0.0734. The molecule has 6 heteroatoms. The zero-order valence-electron chi connectivity index (χ0n) is 7.00. The van der Waals surface area contributed by atoms with Crippen molar-refractivity contribution in [3.8, 4) is 0 Å². The standard InChI is InChI=1S/C7H14O5S/c8-1-3-5(10)7(12)6(11)4(2-9)13-3/h3-12H,1-2H2/p+1. The van der Waals surface area contributed by atoms with Crippen molar-refractivity contribution >= 4 is 11.8 Å². The van der Waals surface area contributed by atoms with Gasteiger partial charge in [0.25, 0.3) is 0 Å². The first kappa shape index (κ1) is 11.2. The Labute approximate surface area is 80.0 Å². The first-order valence-corrected chi connectivity index (χ1v) is 5.00. The van der Waals surface area contributed by atoms with Crippen LogP contribution in [0.15, 0.2) is 0 Å². The van der Waals surface area contributed by atoms with Crippen molar-refractivity contribution in [2.24, 2.45) is 0 Å². The summed E-state index contributed by atoms with van der Waals surface area (Å²) in [5.41, 5.74) is 0. The second kappa shape index (κ2) is 4.59. The van der Waals surface area contributed by atoms with Gasteiger partial charge in [-0.3, -0.25) is 0 Å². The molecule has 0 aliphatic carbocycles. The van der Waals surface area contributed by atoms with Crippen molar-refractivity contribution in [1.82, 2.24) is 0 Å². The van der Waals surface area contributed by atoms with Gasteiger partial charge in [-0.15, -0.1) is 11.8 Å². The average Bonchev–Trinajstić information content (AvgIpc) is 2.15. The van der Waals surface area contributed by atoms with Crippen molar-refractivity contribution in [3.63, 3.8) is 0 Å². The van der Waals surface area contributed by atoms with Gasteiger partial charge >= 0.3 is 0 Å². The van der Waals surface area contributed by atoms with Crippen LogP contribution in [0.5, 0.6) is 0 Å². The summed E-state index contributed by atoms with van der Waals surface area (Å²) < 4.78 is 0. The molecular formula is C7H15O5S+. The van der Waals surface area contributed by atoms with Crippen LogP contribution in [-0.4, -0.2) is 67.6 Å². The summed E-state index contributed by atoms with van der Waals surface area (Å²) >= 11 is 1.15. The van der Waals surface area contributed by atoms with E-state index in [1.165, 1.54) is 0 Å². The van der Waals surface area contributed by atoms with Gasteiger partial charge in [-0.1, -0.05) is 0 Å². The van der Waals surface area contributed by atoms with E-state index in [1.54, 1.807) is 0 Å². The second-order valence-corrected chi connectivity index (χ2v) is 4.57. The van der Waals surface area contributed by atoms with Crippen molar-refractivity contribution < 1.29 is 25.5 Å². The van der Waals surface area contributed by atoms with E-state index in [1.807, 2.05) is 0 Å². The highest BCUT2D eigenvalue weighted by molar-refractivity contribution is 8.00. The molecule has 78 valence electrons. The molecule has 0 radical (unpaired) electrons. The smallest absolute Gasteiger partial charge is 0.197 e. The Hall–Kier alpha value is 0.150. The molecule has 5 atom stereocenters. The molecule has 0 amide bonds. The molecule has 0 saturated carbocycles. The Morgan fingerprint density at radius 3 is 2.00 bits per heavy atom. The maximum atomic E-state index is 9.39. The second-order valence-electron chi connectivity index (χ2n) is 3.09. The molecular weight excluding hydrogens is 196 g/mol. The fraction of sp³-hybridized carbons (Fsp3) is 1.00. The van der Waals surface area contributed by atoms with E-state index in [-0.39, 0.29) is 13.2 Å². The maximum absolute atomic E-state index is 9.39. The largest absolute Gasteiger partial charge is 0.440 e. The fourth-order valence-corrected chi connectivity index (χ4v) is 2.62. The highest BCUT2D eigenvalue weighted by Gasteiger charge is 2.45. The van der Waals surface area contributed by atoms with Crippen molar-refractivity contribution in [2.45, 2.75) is 28.8 Å². The molecule has 5 unspecified atom stereocenters. The van der Waals surface area contributed by atoms with Gasteiger partial charge < -0.3 is 25.5 Å². The van der Waals surface area contributed by atoms with Crippen LogP contribution in [0.2, 0.25) is 0 Å². The van der Waals surface area contributed by atoms with Gasteiger partial charge in [-0.2, -0.15) is 0 Å². The van der Waals surface area contributed by atoms with Crippen molar-refractivity contribution in [3.05, 3.63) is 0 Å². The Morgan fingerprint density at radius 1 is 1.00 bits per heavy atom. The highest BCUT2D eigenvalue weighted by atomic mass is 32.2. The Kier molecular flexibility index (Phi) is 3.96. The van der Waals surface area contributed by atoms with Gasteiger partial charge in [0.1, 0.15) is 11.4 Å². The summed E-state index contributed by atoms with van der Waals surface area (Å²) in [6.07, 6.45) is -3.16. The van der Waals surface area contributed by atoms with E-state index in [2.05, 4.69) is 0 Å². The van der Waals surface area contributed by atoms with Crippen molar-refractivity contribution in [1.29, 1.82) is 0 Å². The van der Waals surface area contributed by atoms with Crippen LogP contribution in [0.1, 0.15) is 0 Å². The number of aliphatic hydroxyl groups is 4. The molecule has 0 aromatic rings. The molecule has 6 N–H and O–H groups in total. The fourth-order valence-electron chi connectivity index (χ4n) is 1.35. The number of aliphatic hydroxyl groups excluding tert-OH is 4. The maximum Gasteiger partial charge on any atom is 0.197 e. The molecule has 1 aliphatic rings. The molecule has 1 rings (SSSR count). The van der Waals surface area contributed by atoms with Crippen LogP contribution >= 0.6 is 11.8 Å². The molecule has 0 aromatic carbocycles. The quantitative estimate of drug-likeness (QED) is 0.371. The topological polar surface area (TPSA) is 104 Å². The van der Waals surface area contributed by atoms with Crippen LogP contribution in [0, 0.1) is 0 Å². The zero-order valence-corrected chi connectivity index (χ0v) is 7.81. The molecule has 13 heavy (non-hydrogen) atoms. The Morgan fingerprint density at radius 2 is 1.54 bits per heavy atom. The third-order valence-corrected chi connectivity index (χ3v) is 3.78. The van der Waals surface area contributed by atoms with Gasteiger partial charge in [-0.05, 0) is 0 Å². The first-order chi connectivity index (χ1) is 6.11. The molecule has 0 bridgehead atoms. The molecule has 0 aromatic heterocycles. The average molecular weight is 211 g/mol. The summed E-state index contributed by atoms with van der Waals surface area (Å²) in [5.74, 6) is 0. The summed E-state index contributed by atoms with van der Waals surface area (Å²) in [6.45, 7) is -0.481. The zero-order chi connectivity index (χ0) is 10.0.